The minimum Gasteiger partial charge on any atom is -0.493 e. The van der Waals surface area contributed by atoms with Crippen molar-refractivity contribution in [1.29, 1.82) is 0 Å². The van der Waals surface area contributed by atoms with Gasteiger partial charge in [0.05, 0.1) is 13.7 Å². The summed E-state index contributed by atoms with van der Waals surface area (Å²) in [6.45, 7) is 6.92. The lowest BCUT2D eigenvalue weighted by molar-refractivity contribution is 0.112. The van der Waals surface area contributed by atoms with Crippen molar-refractivity contribution in [3.63, 3.8) is 0 Å². The maximum atomic E-state index is 10.9. The highest BCUT2D eigenvalue weighted by molar-refractivity contribution is 5.79. The fourth-order valence-corrected chi connectivity index (χ4v) is 1.82. The number of ether oxygens (including phenoxy) is 2. The molecule has 0 saturated heterocycles. The number of methoxy groups -OCH3 is 1. The first-order valence-electron chi connectivity index (χ1n) is 6.35. The molecular weight excluding hydrogens is 228 g/mol. The maximum Gasteiger partial charge on any atom is 0.164 e. The van der Waals surface area contributed by atoms with Gasteiger partial charge in [0.15, 0.2) is 11.5 Å². The van der Waals surface area contributed by atoms with E-state index in [1.54, 1.807) is 19.2 Å². The van der Waals surface area contributed by atoms with E-state index in [1.807, 2.05) is 6.92 Å². The van der Waals surface area contributed by atoms with Gasteiger partial charge in [-0.15, -0.1) is 0 Å². The Labute approximate surface area is 109 Å². The van der Waals surface area contributed by atoms with E-state index >= 15 is 0 Å². The van der Waals surface area contributed by atoms with Crippen molar-refractivity contribution in [3.05, 3.63) is 23.3 Å². The lowest BCUT2D eigenvalue weighted by Gasteiger charge is -2.14. The topological polar surface area (TPSA) is 35.5 Å². The first-order chi connectivity index (χ1) is 8.60. The number of benzene rings is 1. The Hall–Kier alpha value is -1.51. The molecule has 1 rings (SSSR count). The summed E-state index contributed by atoms with van der Waals surface area (Å²) in [5.74, 6) is 2.05. The predicted molar refractivity (Wildman–Crippen MR) is 72.7 cm³/mol. The maximum absolute atomic E-state index is 10.9. The van der Waals surface area contributed by atoms with Gasteiger partial charge < -0.3 is 9.47 Å². The second kappa shape index (κ2) is 7.04. The lowest BCUT2D eigenvalue weighted by atomic mass is 10.1. The molecule has 3 heteroatoms. The zero-order valence-corrected chi connectivity index (χ0v) is 11.7. The van der Waals surface area contributed by atoms with E-state index in [9.17, 15) is 4.79 Å². The van der Waals surface area contributed by atoms with Crippen LogP contribution in [0.25, 0.3) is 0 Å². The number of aldehydes is 1. The van der Waals surface area contributed by atoms with Crippen molar-refractivity contribution in [2.24, 2.45) is 5.92 Å². The molecule has 0 N–H and O–H groups in total. The summed E-state index contributed by atoms with van der Waals surface area (Å²) < 4.78 is 11.0. The quantitative estimate of drug-likeness (QED) is 0.547. The van der Waals surface area contributed by atoms with E-state index in [4.69, 9.17) is 9.47 Å². The molecule has 0 aliphatic carbocycles. The molecule has 0 aromatic heterocycles. The molecule has 0 bridgehead atoms. The van der Waals surface area contributed by atoms with Crippen molar-refractivity contribution in [1.82, 2.24) is 0 Å². The molecule has 0 radical (unpaired) electrons. The number of hydrogen-bond donors (Lipinski definition) is 0. The van der Waals surface area contributed by atoms with E-state index in [0.29, 0.717) is 29.6 Å². The van der Waals surface area contributed by atoms with Gasteiger partial charge in [-0.2, -0.15) is 0 Å². The van der Waals surface area contributed by atoms with Crippen LogP contribution in [0.2, 0.25) is 0 Å². The van der Waals surface area contributed by atoms with Crippen LogP contribution in [0, 0.1) is 12.8 Å². The summed E-state index contributed by atoms with van der Waals surface area (Å²) in [7, 11) is 1.61. The van der Waals surface area contributed by atoms with E-state index in [-0.39, 0.29) is 0 Å². The normalized spacial score (nSPS) is 10.5. The zero-order valence-electron chi connectivity index (χ0n) is 11.7. The second-order valence-corrected chi connectivity index (χ2v) is 4.81. The first-order valence-corrected chi connectivity index (χ1v) is 6.35. The van der Waals surface area contributed by atoms with Crippen molar-refractivity contribution >= 4 is 6.29 Å². The SMILES string of the molecule is COc1ccc(C=O)c(C)c1OCCCC(C)C. The second-order valence-electron chi connectivity index (χ2n) is 4.81. The molecule has 0 amide bonds. The predicted octanol–water partition coefficient (Wildman–Crippen LogP) is 3.63. The van der Waals surface area contributed by atoms with Crippen LogP contribution in [0.3, 0.4) is 0 Å². The summed E-state index contributed by atoms with van der Waals surface area (Å²) in [5, 5.41) is 0. The number of carbonyl (C=O) groups excluding carboxylic acids is 1. The van der Waals surface area contributed by atoms with Crippen molar-refractivity contribution in [2.75, 3.05) is 13.7 Å². The third-order valence-electron chi connectivity index (χ3n) is 2.93. The minimum absolute atomic E-state index is 0.648. The molecule has 0 fully saturated rings. The van der Waals surface area contributed by atoms with Crippen LogP contribution in [0.15, 0.2) is 12.1 Å². The highest BCUT2D eigenvalue weighted by atomic mass is 16.5. The van der Waals surface area contributed by atoms with Crippen LogP contribution < -0.4 is 9.47 Å². The smallest absolute Gasteiger partial charge is 0.164 e. The van der Waals surface area contributed by atoms with Crippen LogP contribution in [-0.4, -0.2) is 20.0 Å². The van der Waals surface area contributed by atoms with Gasteiger partial charge in [0.1, 0.15) is 6.29 Å². The van der Waals surface area contributed by atoms with Gasteiger partial charge in [-0.05, 0) is 37.8 Å². The monoisotopic (exact) mass is 250 g/mol. The summed E-state index contributed by atoms with van der Waals surface area (Å²) in [6.07, 6.45) is 2.98. The Morgan fingerprint density at radius 2 is 2.06 bits per heavy atom. The number of rotatable bonds is 7. The van der Waals surface area contributed by atoms with Crippen LogP contribution >= 0.6 is 0 Å². The molecule has 3 nitrogen and oxygen atoms in total. The minimum atomic E-state index is 0.648. The number of carbonyl (C=O) groups is 1. The highest BCUT2D eigenvalue weighted by Gasteiger charge is 2.11. The Morgan fingerprint density at radius 3 is 2.61 bits per heavy atom. The zero-order chi connectivity index (χ0) is 13.5. The molecule has 18 heavy (non-hydrogen) atoms. The van der Waals surface area contributed by atoms with Gasteiger partial charge >= 0.3 is 0 Å². The summed E-state index contributed by atoms with van der Waals surface area (Å²) in [5.41, 5.74) is 1.49. The summed E-state index contributed by atoms with van der Waals surface area (Å²) >= 11 is 0. The molecule has 0 spiro atoms. The van der Waals surface area contributed by atoms with E-state index in [2.05, 4.69) is 13.8 Å². The van der Waals surface area contributed by atoms with Crippen molar-refractivity contribution < 1.29 is 14.3 Å². The highest BCUT2D eigenvalue weighted by Crippen LogP contribution is 2.32. The van der Waals surface area contributed by atoms with Crippen LogP contribution in [0.4, 0.5) is 0 Å². The molecule has 0 aliphatic heterocycles. The van der Waals surface area contributed by atoms with Gasteiger partial charge in [-0.1, -0.05) is 13.8 Å². The Kier molecular flexibility index (Phi) is 5.69. The average Bonchev–Trinajstić information content (AvgIpc) is 2.35. The van der Waals surface area contributed by atoms with E-state index < -0.39 is 0 Å². The largest absolute Gasteiger partial charge is 0.493 e. The van der Waals surface area contributed by atoms with Crippen LogP contribution in [0.5, 0.6) is 11.5 Å². The molecule has 0 heterocycles. The van der Waals surface area contributed by atoms with Crippen LogP contribution in [0.1, 0.15) is 42.6 Å². The lowest BCUT2D eigenvalue weighted by Crippen LogP contribution is -2.04. The molecular formula is C15H22O3. The molecule has 0 aliphatic rings. The third-order valence-corrected chi connectivity index (χ3v) is 2.93. The van der Waals surface area contributed by atoms with Gasteiger partial charge in [-0.25, -0.2) is 0 Å². The summed E-state index contributed by atoms with van der Waals surface area (Å²) in [4.78, 5) is 10.9. The first kappa shape index (κ1) is 14.6. The Bertz CT molecular complexity index is 397. The molecule has 1 aromatic rings. The standard InChI is InChI=1S/C15H22O3/c1-11(2)6-5-9-18-15-12(3)13(10-16)7-8-14(15)17-4/h7-8,10-11H,5-6,9H2,1-4H3. The fourth-order valence-electron chi connectivity index (χ4n) is 1.82. The summed E-state index contributed by atoms with van der Waals surface area (Å²) in [6, 6.07) is 3.52. The number of hydrogen-bond acceptors (Lipinski definition) is 3. The Morgan fingerprint density at radius 1 is 1.33 bits per heavy atom. The molecule has 0 atom stereocenters. The van der Waals surface area contributed by atoms with Gasteiger partial charge in [0.25, 0.3) is 0 Å². The molecule has 1 aromatic carbocycles. The molecule has 0 saturated carbocycles. The van der Waals surface area contributed by atoms with Gasteiger partial charge in [-0.3, -0.25) is 4.79 Å². The van der Waals surface area contributed by atoms with Crippen LogP contribution in [-0.2, 0) is 0 Å². The van der Waals surface area contributed by atoms with Crippen molar-refractivity contribution in [2.45, 2.75) is 33.6 Å². The molecule has 0 unspecified atom stereocenters. The fraction of sp³-hybridized carbons (Fsp3) is 0.533. The average molecular weight is 250 g/mol. The Balaban J connectivity index is 2.75. The van der Waals surface area contributed by atoms with Crippen molar-refractivity contribution in [3.8, 4) is 11.5 Å². The third kappa shape index (κ3) is 3.76. The van der Waals surface area contributed by atoms with E-state index in [0.717, 1.165) is 24.7 Å². The molecule has 100 valence electrons. The van der Waals surface area contributed by atoms with E-state index in [1.165, 1.54) is 0 Å². The van der Waals surface area contributed by atoms with Gasteiger partial charge in [0, 0.05) is 11.1 Å². The van der Waals surface area contributed by atoms with Gasteiger partial charge in [0.2, 0.25) is 0 Å².